The predicted octanol–water partition coefficient (Wildman–Crippen LogP) is 2.33. The van der Waals surface area contributed by atoms with Crippen molar-refractivity contribution in [2.45, 2.75) is 50.0 Å². The van der Waals surface area contributed by atoms with Crippen LogP contribution in [0.4, 0.5) is 0 Å². The summed E-state index contributed by atoms with van der Waals surface area (Å²) >= 11 is 0. The summed E-state index contributed by atoms with van der Waals surface area (Å²) in [7, 11) is -3.75. The molecule has 1 atom stereocenters. The average molecular weight is 530 g/mol. The van der Waals surface area contributed by atoms with Crippen molar-refractivity contribution in [3.8, 4) is 28.6 Å². The number of benzene rings is 2. The maximum Gasteiger partial charge on any atom is 0.289 e. The van der Waals surface area contributed by atoms with Crippen LogP contribution in [0.2, 0.25) is 0 Å². The van der Waals surface area contributed by atoms with Crippen LogP contribution in [-0.2, 0) is 14.6 Å². The summed E-state index contributed by atoms with van der Waals surface area (Å²) in [6.07, 6.45) is 0. The molecule has 0 bridgehead atoms. The SMILES string of the molecule is CC(C)NC(=O)c1nnc(-c2cc(C(C)C)c(O)cc2O)n1-c1ccc(S(=O)(=O)C2CNCCO2)cc1. The molecule has 1 aliphatic heterocycles. The van der Waals surface area contributed by atoms with Gasteiger partial charge in [-0.15, -0.1) is 10.2 Å². The maximum absolute atomic E-state index is 13.0. The van der Waals surface area contributed by atoms with Gasteiger partial charge < -0.3 is 25.6 Å². The van der Waals surface area contributed by atoms with E-state index in [1.807, 2.05) is 27.7 Å². The van der Waals surface area contributed by atoms with Gasteiger partial charge in [-0.1, -0.05) is 13.8 Å². The van der Waals surface area contributed by atoms with Crippen LogP contribution < -0.4 is 10.6 Å². The van der Waals surface area contributed by atoms with E-state index in [4.69, 9.17) is 4.74 Å². The molecule has 12 heteroatoms. The van der Waals surface area contributed by atoms with Crippen molar-refractivity contribution in [3.63, 3.8) is 0 Å². The van der Waals surface area contributed by atoms with Gasteiger partial charge in [-0.3, -0.25) is 9.36 Å². The first-order chi connectivity index (χ1) is 17.5. The second kappa shape index (κ2) is 10.5. The number of nitrogens with one attached hydrogen (secondary N) is 2. The zero-order chi connectivity index (χ0) is 26.9. The number of hydrogen-bond donors (Lipinski definition) is 4. The van der Waals surface area contributed by atoms with Crippen molar-refractivity contribution < 1.29 is 28.2 Å². The van der Waals surface area contributed by atoms with Gasteiger partial charge in [-0.05, 0) is 55.7 Å². The minimum absolute atomic E-state index is 0.0438. The fraction of sp³-hybridized carbons (Fsp3) is 0.400. The summed E-state index contributed by atoms with van der Waals surface area (Å²) in [6.45, 7) is 8.49. The Balaban J connectivity index is 1.83. The molecule has 1 fully saturated rings. The van der Waals surface area contributed by atoms with Crippen molar-refractivity contribution in [1.29, 1.82) is 0 Å². The van der Waals surface area contributed by atoms with E-state index in [0.29, 0.717) is 24.4 Å². The van der Waals surface area contributed by atoms with Crippen molar-refractivity contribution in [2.24, 2.45) is 0 Å². The molecule has 11 nitrogen and oxygen atoms in total. The van der Waals surface area contributed by atoms with Crippen LogP contribution in [0.15, 0.2) is 41.3 Å². The van der Waals surface area contributed by atoms with Crippen LogP contribution >= 0.6 is 0 Å². The van der Waals surface area contributed by atoms with Crippen LogP contribution in [0.3, 0.4) is 0 Å². The summed E-state index contributed by atoms with van der Waals surface area (Å²) < 4.78 is 32.9. The normalized spacial score (nSPS) is 16.3. The van der Waals surface area contributed by atoms with Gasteiger partial charge in [0.2, 0.25) is 15.7 Å². The molecule has 198 valence electrons. The molecule has 4 N–H and O–H groups in total. The molecule has 37 heavy (non-hydrogen) atoms. The molecule has 1 aliphatic rings. The minimum atomic E-state index is -3.75. The van der Waals surface area contributed by atoms with E-state index in [9.17, 15) is 23.4 Å². The molecule has 3 aromatic rings. The molecule has 1 unspecified atom stereocenters. The van der Waals surface area contributed by atoms with Crippen LogP contribution in [0.25, 0.3) is 17.1 Å². The number of amides is 1. The summed E-state index contributed by atoms with van der Waals surface area (Å²) in [6, 6.07) is 8.62. The first-order valence-corrected chi connectivity index (χ1v) is 13.5. The Morgan fingerprint density at radius 2 is 1.81 bits per heavy atom. The topological polar surface area (TPSA) is 156 Å². The summed E-state index contributed by atoms with van der Waals surface area (Å²) in [4.78, 5) is 13.1. The lowest BCUT2D eigenvalue weighted by Gasteiger charge is -2.23. The predicted molar refractivity (Wildman–Crippen MR) is 137 cm³/mol. The van der Waals surface area contributed by atoms with Crippen LogP contribution in [0.1, 0.15) is 49.8 Å². The first kappa shape index (κ1) is 26.6. The fourth-order valence-electron chi connectivity index (χ4n) is 4.09. The van der Waals surface area contributed by atoms with Gasteiger partial charge >= 0.3 is 0 Å². The van der Waals surface area contributed by atoms with Gasteiger partial charge in [0.15, 0.2) is 11.3 Å². The molecule has 0 saturated carbocycles. The lowest BCUT2D eigenvalue weighted by molar-refractivity contribution is 0.0785. The largest absolute Gasteiger partial charge is 0.508 e. The number of ether oxygens (including phenoxy) is 1. The average Bonchev–Trinajstić information content (AvgIpc) is 3.29. The second-order valence-electron chi connectivity index (χ2n) is 9.44. The molecule has 1 amide bonds. The molecular weight excluding hydrogens is 498 g/mol. The van der Waals surface area contributed by atoms with Gasteiger partial charge in [-0.25, -0.2) is 8.42 Å². The van der Waals surface area contributed by atoms with Gasteiger partial charge in [0.05, 0.1) is 17.1 Å². The molecule has 1 aromatic heterocycles. The van der Waals surface area contributed by atoms with E-state index in [1.54, 1.807) is 18.2 Å². The smallest absolute Gasteiger partial charge is 0.289 e. The lowest BCUT2D eigenvalue weighted by Crippen LogP contribution is -2.43. The number of carbonyl (C=O) groups excluding carboxylic acids is 1. The Labute approximate surface area is 215 Å². The van der Waals surface area contributed by atoms with Crippen molar-refractivity contribution >= 4 is 15.7 Å². The Bertz CT molecular complexity index is 1390. The number of phenolic OH excluding ortho intramolecular Hbond substituents is 2. The third-order valence-electron chi connectivity index (χ3n) is 5.96. The van der Waals surface area contributed by atoms with E-state index in [0.717, 1.165) is 0 Å². The maximum atomic E-state index is 13.0. The van der Waals surface area contributed by atoms with E-state index in [2.05, 4.69) is 20.8 Å². The highest BCUT2D eigenvalue weighted by Crippen LogP contribution is 2.38. The number of aromatic hydroxyl groups is 2. The van der Waals surface area contributed by atoms with E-state index < -0.39 is 21.2 Å². The van der Waals surface area contributed by atoms with Gasteiger partial charge in [0.25, 0.3) is 5.91 Å². The number of sulfone groups is 1. The van der Waals surface area contributed by atoms with E-state index in [-0.39, 0.29) is 52.1 Å². The zero-order valence-corrected chi connectivity index (χ0v) is 21.9. The van der Waals surface area contributed by atoms with Crippen molar-refractivity contribution in [1.82, 2.24) is 25.4 Å². The quantitative estimate of drug-likeness (QED) is 0.361. The van der Waals surface area contributed by atoms with Crippen molar-refractivity contribution in [3.05, 3.63) is 47.8 Å². The molecule has 1 saturated heterocycles. The fourth-order valence-corrected chi connectivity index (χ4v) is 5.52. The Kier molecular flexibility index (Phi) is 7.53. The van der Waals surface area contributed by atoms with Gasteiger partial charge in [0.1, 0.15) is 11.5 Å². The van der Waals surface area contributed by atoms with E-state index >= 15 is 0 Å². The zero-order valence-electron chi connectivity index (χ0n) is 21.1. The lowest BCUT2D eigenvalue weighted by atomic mass is 9.98. The highest BCUT2D eigenvalue weighted by molar-refractivity contribution is 7.92. The summed E-state index contributed by atoms with van der Waals surface area (Å²) in [5, 5.41) is 35.0. The highest BCUT2D eigenvalue weighted by atomic mass is 32.2. The molecule has 2 heterocycles. The Hall–Kier alpha value is -3.48. The highest BCUT2D eigenvalue weighted by Gasteiger charge is 2.30. The minimum Gasteiger partial charge on any atom is -0.508 e. The first-order valence-electron chi connectivity index (χ1n) is 12.0. The number of hydrogen-bond acceptors (Lipinski definition) is 9. The standard InChI is InChI=1S/C25H31N5O6S/c1-14(2)18-11-19(21(32)12-20(18)31)23-28-29-24(25(33)27-15(3)4)30(23)16-5-7-17(8-6-16)37(34,35)22-13-26-9-10-36-22/h5-8,11-12,14-15,22,26,31-32H,9-10,13H2,1-4H3,(H,27,33). The third kappa shape index (κ3) is 5.31. The molecule has 0 radical (unpaired) electrons. The molecule has 0 spiro atoms. The molecule has 0 aliphatic carbocycles. The number of morpholine rings is 1. The monoisotopic (exact) mass is 529 g/mol. The Morgan fingerprint density at radius 3 is 2.41 bits per heavy atom. The number of rotatable bonds is 7. The number of carbonyl (C=O) groups is 1. The Morgan fingerprint density at radius 1 is 1.11 bits per heavy atom. The van der Waals surface area contributed by atoms with Crippen molar-refractivity contribution in [2.75, 3.05) is 19.7 Å². The summed E-state index contributed by atoms with van der Waals surface area (Å²) in [5.74, 6) is -0.738. The van der Waals surface area contributed by atoms with E-state index in [1.165, 1.54) is 22.8 Å². The van der Waals surface area contributed by atoms with Crippen LogP contribution in [0.5, 0.6) is 11.5 Å². The van der Waals surface area contributed by atoms with Crippen LogP contribution in [0, 0.1) is 0 Å². The van der Waals surface area contributed by atoms with Gasteiger partial charge in [-0.2, -0.15) is 0 Å². The van der Waals surface area contributed by atoms with Crippen LogP contribution in [-0.4, -0.2) is 70.5 Å². The van der Waals surface area contributed by atoms with Gasteiger partial charge in [0, 0.05) is 30.9 Å². The second-order valence-corrected chi connectivity index (χ2v) is 11.5. The number of nitrogens with zero attached hydrogens (tertiary/aromatic N) is 3. The molecule has 4 rings (SSSR count). The number of phenols is 2. The molecule has 2 aromatic carbocycles. The number of aromatic nitrogens is 3. The third-order valence-corrected chi connectivity index (χ3v) is 7.88. The molecular formula is C25H31N5O6S. The summed E-state index contributed by atoms with van der Waals surface area (Å²) in [5.41, 5.74) is 0.261.